The molecule has 0 aliphatic carbocycles. The Morgan fingerprint density at radius 1 is 0.750 bits per heavy atom. The first-order valence-corrected chi connectivity index (χ1v) is 13.0. The molecule has 1 aromatic rings. The lowest BCUT2D eigenvalue weighted by molar-refractivity contribution is -0.327. The van der Waals surface area contributed by atoms with E-state index >= 15 is 0 Å². The van der Waals surface area contributed by atoms with Gasteiger partial charge in [-0.15, -0.1) is 0 Å². The minimum absolute atomic E-state index is 0.0387. The molecule has 0 heterocycles. The number of benzene rings is 1. The number of esters is 1. The van der Waals surface area contributed by atoms with Gasteiger partial charge in [0.2, 0.25) is 0 Å². The molecule has 0 aliphatic heterocycles. The number of carbonyl (C=O) groups is 1. The fraction of sp³-hybridized carbons (Fsp3) is 0.741. The number of nitrogens with zero attached hydrogens (tertiary/aromatic N) is 1. The molecule has 0 unspecified atom stereocenters. The maximum atomic E-state index is 12.2. The van der Waals surface area contributed by atoms with Gasteiger partial charge in [-0.3, -0.25) is 15.2 Å². The number of rotatable bonds is 21. The monoisotopic (exact) mass is 449 g/mol. The SMILES string of the molecule is CCCCCCCCCCCCCCCCCCOC(=O)[C@H](Cc1ccccc1)N(O)O. The molecule has 0 saturated carbocycles. The zero-order valence-corrected chi connectivity index (χ0v) is 20.4. The van der Waals surface area contributed by atoms with Crippen LogP contribution in [-0.2, 0) is 16.0 Å². The van der Waals surface area contributed by atoms with Crippen molar-refractivity contribution in [3.63, 3.8) is 0 Å². The van der Waals surface area contributed by atoms with Gasteiger partial charge in [-0.05, 0) is 12.0 Å². The molecule has 0 amide bonds. The van der Waals surface area contributed by atoms with Gasteiger partial charge < -0.3 is 4.74 Å². The standard InChI is InChI=1S/C27H47NO4/c1-2-3-4-5-6-7-8-9-10-11-12-13-14-15-16-20-23-32-27(29)26(28(30)31)24-25-21-18-17-19-22-25/h17-19,21-22,26,30-31H,2-16,20,23-24H2,1H3/t26-/m0/s1. The third-order valence-corrected chi connectivity index (χ3v) is 6.06. The highest BCUT2D eigenvalue weighted by atomic mass is 16.8. The van der Waals surface area contributed by atoms with Gasteiger partial charge in [0.1, 0.15) is 0 Å². The molecule has 184 valence electrons. The average molecular weight is 450 g/mol. The molecular formula is C27H47NO4. The molecule has 0 saturated heterocycles. The van der Waals surface area contributed by atoms with E-state index in [0.717, 1.165) is 24.8 Å². The normalized spacial score (nSPS) is 12.2. The minimum Gasteiger partial charge on any atom is -0.464 e. The first-order valence-electron chi connectivity index (χ1n) is 13.0. The zero-order valence-electron chi connectivity index (χ0n) is 20.4. The highest BCUT2D eigenvalue weighted by Crippen LogP contribution is 2.14. The fourth-order valence-electron chi connectivity index (χ4n) is 4.02. The Morgan fingerprint density at radius 3 is 1.62 bits per heavy atom. The van der Waals surface area contributed by atoms with Gasteiger partial charge in [0.05, 0.1) is 6.61 Å². The molecule has 0 spiro atoms. The maximum absolute atomic E-state index is 12.2. The van der Waals surface area contributed by atoms with Crippen LogP contribution in [0.15, 0.2) is 30.3 Å². The molecule has 0 aliphatic rings. The lowest BCUT2D eigenvalue weighted by atomic mass is 10.0. The summed E-state index contributed by atoms with van der Waals surface area (Å²) in [6.07, 6.45) is 21.0. The molecule has 5 heteroatoms. The largest absolute Gasteiger partial charge is 0.464 e. The van der Waals surface area contributed by atoms with Crippen molar-refractivity contribution in [2.75, 3.05) is 6.61 Å². The Balaban J connectivity index is 1.92. The second-order valence-corrected chi connectivity index (χ2v) is 9.00. The minimum atomic E-state index is -1.10. The van der Waals surface area contributed by atoms with Crippen LogP contribution in [0.3, 0.4) is 0 Å². The van der Waals surface area contributed by atoms with E-state index in [4.69, 9.17) is 4.74 Å². The number of hydrogen-bond acceptors (Lipinski definition) is 5. The van der Waals surface area contributed by atoms with E-state index in [1.54, 1.807) is 0 Å². The van der Waals surface area contributed by atoms with Crippen molar-refractivity contribution in [1.29, 1.82) is 0 Å². The van der Waals surface area contributed by atoms with Crippen molar-refractivity contribution >= 4 is 5.97 Å². The van der Waals surface area contributed by atoms with Crippen LogP contribution in [0.25, 0.3) is 0 Å². The fourth-order valence-corrected chi connectivity index (χ4v) is 4.02. The smallest absolute Gasteiger partial charge is 0.328 e. The van der Waals surface area contributed by atoms with Crippen molar-refractivity contribution in [2.45, 2.75) is 122 Å². The van der Waals surface area contributed by atoms with Crippen LogP contribution in [0, 0.1) is 0 Å². The first kappa shape index (κ1) is 28.6. The summed E-state index contributed by atoms with van der Waals surface area (Å²) < 4.78 is 5.26. The van der Waals surface area contributed by atoms with E-state index in [1.807, 2.05) is 30.3 Å². The van der Waals surface area contributed by atoms with Gasteiger partial charge in [0.15, 0.2) is 6.04 Å². The maximum Gasteiger partial charge on any atom is 0.328 e. The van der Waals surface area contributed by atoms with Crippen LogP contribution in [0.4, 0.5) is 0 Å². The van der Waals surface area contributed by atoms with Crippen LogP contribution in [0.5, 0.6) is 0 Å². The van der Waals surface area contributed by atoms with E-state index in [-0.39, 0.29) is 11.6 Å². The average Bonchev–Trinajstić information content (AvgIpc) is 2.79. The summed E-state index contributed by atoms with van der Waals surface area (Å²) in [7, 11) is 0. The van der Waals surface area contributed by atoms with E-state index in [2.05, 4.69) is 6.92 Å². The van der Waals surface area contributed by atoms with E-state index < -0.39 is 12.0 Å². The molecule has 0 fully saturated rings. The van der Waals surface area contributed by atoms with Crippen molar-refractivity contribution in [2.24, 2.45) is 0 Å². The van der Waals surface area contributed by atoms with E-state index in [0.29, 0.717) is 6.61 Å². The lowest BCUT2D eigenvalue weighted by Gasteiger charge is -2.19. The molecule has 2 N–H and O–H groups in total. The number of ether oxygens (including phenoxy) is 1. The van der Waals surface area contributed by atoms with Gasteiger partial charge >= 0.3 is 5.97 Å². The van der Waals surface area contributed by atoms with Crippen LogP contribution in [0.1, 0.15) is 115 Å². The third kappa shape index (κ3) is 15.4. The second-order valence-electron chi connectivity index (χ2n) is 9.00. The molecule has 1 atom stereocenters. The summed E-state index contributed by atoms with van der Waals surface area (Å²) in [5.41, 5.74) is 0.852. The van der Waals surface area contributed by atoms with Crippen molar-refractivity contribution in [3.8, 4) is 0 Å². The topological polar surface area (TPSA) is 70.0 Å². The molecule has 5 nitrogen and oxygen atoms in total. The number of carbonyl (C=O) groups excluding carboxylic acids is 1. The summed E-state index contributed by atoms with van der Waals surface area (Å²) in [5.74, 6) is -0.597. The van der Waals surface area contributed by atoms with Gasteiger partial charge in [-0.1, -0.05) is 139 Å². The van der Waals surface area contributed by atoms with Crippen LogP contribution in [0.2, 0.25) is 0 Å². The predicted octanol–water partition coefficient (Wildman–Crippen LogP) is 7.48. The van der Waals surface area contributed by atoms with Crippen LogP contribution in [-0.4, -0.2) is 34.3 Å². The Bertz CT molecular complexity index is 550. The van der Waals surface area contributed by atoms with Crippen molar-refractivity contribution in [3.05, 3.63) is 35.9 Å². The molecular weight excluding hydrogens is 402 g/mol. The zero-order chi connectivity index (χ0) is 23.3. The molecule has 1 rings (SSSR count). The molecule has 32 heavy (non-hydrogen) atoms. The summed E-state index contributed by atoms with van der Waals surface area (Å²) in [5, 5.41) is 18.7. The second kappa shape index (κ2) is 20.2. The van der Waals surface area contributed by atoms with Gasteiger partial charge in [-0.2, -0.15) is 0 Å². The van der Waals surface area contributed by atoms with E-state index in [1.165, 1.54) is 83.5 Å². The van der Waals surface area contributed by atoms with E-state index in [9.17, 15) is 15.2 Å². The Hall–Kier alpha value is -1.43. The third-order valence-electron chi connectivity index (χ3n) is 6.06. The molecule has 1 aromatic carbocycles. The highest BCUT2D eigenvalue weighted by Gasteiger charge is 2.26. The predicted molar refractivity (Wildman–Crippen MR) is 130 cm³/mol. The Kier molecular flexibility index (Phi) is 18.1. The summed E-state index contributed by atoms with van der Waals surface area (Å²) in [6.45, 7) is 2.60. The van der Waals surface area contributed by atoms with Gasteiger partial charge in [0, 0.05) is 6.42 Å². The Labute approximate surface area is 196 Å². The highest BCUT2D eigenvalue weighted by molar-refractivity contribution is 5.75. The van der Waals surface area contributed by atoms with Gasteiger partial charge in [0.25, 0.3) is 0 Å². The number of hydrogen-bond donors (Lipinski definition) is 2. The Morgan fingerprint density at radius 2 is 1.19 bits per heavy atom. The lowest BCUT2D eigenvalue weighted by Crippen LogP contribution is -2.39. The van der Waals surface area contributed by atoms with Crippen LogP contribution >= 0.6 is 0 Å². The summed E-state index contributed by atoms with van der Waals surface area (Å²) in [4.78, 5) is 12.2. The molecule has 0 aromatic heterocycles. The van der Waals surface area contributed by atoms with Crippen molar-refractivity contribution < 1.29 is 19.9 Å². The number of unbranched alkanes of at least 4 members (excludes halogenated alkanes) is 15. The summed E-state index contributed by atoms with van der Waals surface area (Å²) >= 11 is 0. The molecule has 0 bridgehead atoms. The number of hydroxylamine groups is 2. The van der Waals surface area contributed by atoms with Gasteiger partial charge in [-0.25, -0.2) is 0 Å². The summed E-state index contributed by atoms with van der Waals surface area (Å²) in [6, 6.07) is 8.18. The molecule has 0 radical (unpaired) electrons. The quantitative estimate of drug-likeness (QED) is 0.116. The van der Waals surface area contributed by atoms with Crippen molar-refractivity contribution in [1.82, 2.24) is 5.23 Å². The van der Waals surface area contributed by atoms with Crippen LogP contribution < -0.4 is 0 Å². The first-order chi connectivity index (χ1) is 15.6.